The Kier molecular flexibility index (Phi) is 15.2. The van der Waals surface area contributed by atoms with Gasteiger partial charge in [-0.15, -0.1) is 0 Å². The normalized spacial score (nSPS) is 13.0. The van der Waals surface area contributed by atoms with Crippen LogP contribution >= 0.6 is 0 Å². The Hall–Kier alpha value is -2.04. The molecule has 0 aliphatic carbocycles. The second-order valence-corrected chi connectivity index (χ2v) is 9.72. The van der Waals surface area contributed by atoms with E-state index in [0.717, 1.165) is 18.4 Å². The highest BCUT2D eigenvalue weighted by Crippen LogP contribution is 2.21. The van der Waals surface area contributed by atoms with Crippen LogP contribution < -0.4 is 4.74 Å². The summed E-state index contributed by atoms with van der Waals surface area (Å²) >= 11 is 0. The lowest BCUT2D eigenvalue weighted by Crippen LogP contribution is -2.09. The maximum atomic E-state index is 14.0. The van der Waals surface area contributed by atoms with Crippen molar-refractivity contribution in [3.8, 4) is 17.1 Å². The Morgan fingerprint density at radius 3 is 1.91 bits per heavy atom. The van der Waals surface area contributed by atoms with Crippen LogP contribution in [-0.2, 0) is 6.42 Å². The van der Waals surface area contributed by atoms with Crippen LogP contribution in [0.5, 0.6) is 5.75 Å². The van der Waals surface area contributed by atoms with E-state index in [4.69, 9.17) is 4.74 Å². The van der Waals surface area contributed by atoms with E-state index in [1.807, 2.05) is 43.6 Å². The van der Waals surface area contributed by atoms with Crippen molar-refractivity contribution in [2.75, 3.05) is 6.61 Å². The SMILES string of the molecule is CCCCCCCCCCc1cnc(-c2ccc(OCCC(F)CCCC(F)CCC)cc2)nc1. The minimum atomic E-state index is -0.944. The monoisotopic (exact) mass is 488 g/mol. The fourth-order valence-corrected chi connectivity index (χ4v) is 4.26. The molecule has 2 rings (SSSR count). The number of rotatable bonds is 20. The molecular formula is C30H46F2N2O. The largest absolute Gasteiger partial charge is 0.493 e. The Labute approximate surface area is 212 Å². The van der Waals surface area contributed by atoms with Gasteiger partial charge in [-0.1, -0.05) is 65.2 Å². The average molecular weight is 489 g/mol. The molecule has 2 aromatic rings. The molecule has 0 aliphatic heterocycles. The first-order valence-electron chi connectivity index (χ1n) is 13.9. The molecule has 5 heteroatoms. The number of hydrogen-bond donors (Lipinski definition) is 0. The number of aryl methyl sites for hydroxylation is 1. The summed E-state index contributed by atoms with van der Waals surface area (Å²) in [6, 6.07) is 7.62. The van der Waals surface area contributed by atoms with E-state index in [0.29, 0.717) is 50.3 Å². The van der Waals surface area contributed by atoms with Gasteiger partial charge in [-0.3, -0.25) is 0 Å². The molecule has 0 aliphatic rings. The topological polar surface area (TPSA) is 35.0 Å². The number of nitrogens with zero attached hydrogens (tertiary/aromatic N) is 2. The summed E-state index contributed by atoms with van der Waals surface area (Å²) in [6.45, 7) is 4.54. The van der Waals surface area contributed by atoms with Crippen molar-refractivity contribution in [3.05, 3.63) is 42.2 Å². The van der Waals surface area contributed by atoms with Gasteiger partial charge in [0.1, 0.15) is 18.1 Å². The molecule has 196 valence electrons. The molecule has 0 N–H and O–H groups in total. The van der Waals surface area contributed by atoms with Crippen LogP contribution in [-0.4, -0.2) is 28.9 Å². The van der Waals surface area contributed by atoms with Gasteiger partial charge in [0.05, 0.1) is 6.61 Å². The highest BCUT2D eigenvalue weighted by Gasteiger charge is 2.10. The van der Waals surface area contributed by atoms with Crippen molar-refractivity contribution < 1.29 is 13.5 Å². The lowest BCUT2D eigenvalue weighted by atomic mass is 10.1. The number of hydrogen-bond acceptors (Lipinski definition) is 3. The molecule has 0 amide bonds. The van der Waals surface area contributed by atoms with E-state index in [2.05, 4.69) is 16.9 Å². The molecule has 3 nitrogen and oxygen atoms in total. The van der Waals surface area contributed by atoms with Gasteiger partial charge in [0, 0.05) is 24.4 Å². The molecule has 1 heterocycles. The zero-order valence-corrected chi connectivity index (χ0v) is 22.0. The summed E-state index contributed by atoms with van der Waals surface area (Å²) in [5.41, 5.74) is 2.13. The van der Waals surface area contributed by atoms with Gasteiger partial charge < -0.3 is 4.74 Å². The number of ether oxygens (including phenoxy) is 1. The second-order valence-electron chi connectivity index (χ2n) is 9.72. The van der Waals surface area contributed by atoms with Crippen molar-refractivity contribution in [1.82, 2.24) is 9.97 Å². The third kappa shape index (κ3) is 13.0. The van der Waals surface area contributed by atoms with Crippen LogP contribution in [0.4, 0.5) is 8.78 Å². The first-order chi connectivity index (χ1) is 17.1. The molecular weight excluding hydrogens is 442 g/mol. The molecule has 0 saturated heterocycles. The van der Waals surface area contributed by atoms with E-state index < -0.39 is 12.3 Å². The van der Waals surface area contributed by atoms with Gasteiger partial charge in [-0.2, -0.15) is 0 Å². The molecule has 0 fully saturated rings. The second kappa shape index (κ2) is 18.3. The highest BCUT2D eigenvalue weighted by atomic mass is 19.1. The average Bonchev–Trinajstić information content (AvgIpc) is 2.87. The summed E-state index contributed by atoms with van der Waals surface area (Å²) < 4.78 is 33.2. The number of benzene rings is 1. The lowest BCUT2D eigenvalue weighted by molar-refractivity contribution is 0.213. The molecule has 35 heavy (non-hydrogen) atoms. The van der Waals surface area contributed by atoms with Gasteiger partial charge >= 0.3 is 0 Å². The first kappa shape index (κ1) is 29.2. The maximum absolute atomic E-state index is 14.0. The van der Waals surface area contributed by atoms with E-state index in [-0.39, 0.29) is 0 Å². The molecule has 0 radical (unpaired) electrons. The Balaban J connectivity index is 1.63. The van der Waals surface area contributed by atoms with Crippen LogP contribution in [0.2, 0.25) is 0 Å². The van der Waals surface area contributed by atoms with E-state index >= 15 is 0 Å². The summed E-state index contributed by atoms with van der Waals surface area (Å²) in [4.78, 5) is 9.07. The molecule has 0 saturated carbocycles. The standard InChI is InChI=1S/C30H46F2N2O/c1-3-5-6-7-8-9-10-11-14-25-23-33-30(34-24-25)26-17-19-29(20-18-26)35-22-21-28(32)16-12-15-27(31)13-4-2/h17-20,23-24,27-28H,3-16,21-22H2,1-2H3. The van der Waals surface area contributed by atoms with Crippen molar-refractivity contribution in [3.63, 3.8) is 0 Å². The predicted molar refractivity (Wildman–Crippen MR) is 142 cm³/mol. The van der Waals surface area contributed by atoms with Crippen LogP contribution in [0.1, 0.15) is 109 Å². The molecule has 0 bridgehead atoms. The summed E-state index contributed by atoms with van der Waals surface area (Å²) in [7, 11) is 0. The zero-order chi connectivity index (χ0) is 25.1. The van der Waals surface area contributed by atoms with Crippen molar-refractivity contribution in [2.45, 2.75) is 123 Å². The number of alkyl halides is 2. The van der Waals surface area contributed by atoms with Crippen molar-refractivity contribution in [1.29, 1.82) is 0 Å². The van der Waals surface area contributed by atoms with Gasteiger partial charge in [-0.25, -0.2) is 18.7 Å². The molecule has 2 unspecified atom stereocenters. The molecule has 0 spiro atoms. The third-order valence-electron chi connectivity index (χ3n) is 6.47. The van der Waals surface area contributed by atoms with Gasteiger partial charge in [0.25, 0.3) is 0 Å². The Morgan fingerprint density at radius 1 is 0.686 bits per heavy atom. The van der Waals surface area contributed by atoms with Gasteiger partial charge in [0.15, 0.2) is 5.82 Å². The first-order valence-corrected chi connectivity index (χ1v) is 13.9. The summed E-state index contributed by atoms with van der Waals surface area (Å²) in [5.74, 6) is 1.41. The van der Waals surface area contributed by atoms with E-state index in [1.165, 1.54) is 56.9 Å². The number of aromatic nitrogens is 2. The van der Waals surface area contributed by atoms with Crippen molar-refractivity contribution in [2.24, 2.45) is 0 Å². The Bertz CT molecular complexity index is 767. The van der Waals surface area contributed by atoms with Gasteiger partial charge in [-0.05, 0) is 68.4 Å². The van der Waals surface area contributed by atoms with Gasteiger partial charge in [0.2, 0.25) is 0 Å². The van der Waals surface area contributed by atoms with E-state index in [1.54, 1.807) is 0 Å². The third-order valence-corrected chi connectivity index (χ3v) is 6.47. The smallest absolute Gasteiger partial charge is 0.159 e. The van der Waals surface area contributed by atoms with E-state index in [9.17, 15) is 8.78 Å². The van der Waals surface area contributed by atoms with Crippen LogP contribution in [0.25, 0.3) is 11.4 Å². The van der Waals surface area contributed by atoms with Crippen LogP contribution in [0.3, 0.4) is 0 Å². The highest BCUT2D eigenvalue weighted by molar-refractivity contribution is 5.55. The van der Waals surface area contributed by atoms with Crippen molar-refractivity contribution >= 4 is 0 Å². The summed E-state index contributed by atoms with van der Waals surface area (Å²) in [5, 5.41) is 0. The fourth-order valence-electron chi connectivity index (χ4n) is 4.26. The number of unbranched alkanes of at least 4 members (excludes halogenated alkanes) is 7. The number of halogens is 2. The minimum Gasteiger partial charge on any atom is -0.493 e. The predicted octanol–water partition coefficient (Wildman–Crippen LogP) is 9.24. The quantitative estimate of drug-likeness (QED) is 0.174. The van der Waals surface area contributed by atoms with Crippen LogP contribution in [0, 0.1) is 0 Å². The molecule has 2 atom stereocenters. The lowest BCUT2D eigenvalue weighted by Gasteiger charge is -2.11. The maximum Gasteiger partial charge on any atom is 0.159 e. The molecule has 1 aromatic heterocycles. The fraction of sp³-hybridized carbons (Fsp3) is 0.667. The Morgan fingerprint density at radius 2 is 1.29 bits per heavy atom. The molecule has 1 aromatic carbocycles. The zero-order valence-electron chi connectivity index (χ0n) is 22.0. The van der Waals surface area contributed by atoms with Crippen LogP contribution in [0.15, 0.2) is 36.7 Å². The minimum absolute atomic E-state index is 0.318. The summed E-state index contributed by atoms with van der Waals surface area (Å²) in [6.07, 6.45) is 16.9.